The number of Topliss-reactive ketones (excluding diaryl/α,β-unsaturated/α-hetero) is 1. The first kappa shape index (κ1) is 11.8. The van der Waals surface area contributed by atoms with E-state index in [4.69, 9.17) is 0 Å². The van der Waals surface area contributed by atoms with E-state index < -0.39 is 0 Å². The van der Waals surface area contributed by atoms with E-state index in [9.17, 15) is 4.79 Å². The Balaban J connectivity index is 1.86. The van der Waals surface area contributed by atoms with E-state index in [2.05, 4.69) is 20.9 Å². The third-order valence-corrected chi connectivity index (χ3v) is 3.72. The van der Waals surface area contributed by atoms with Gasteiger partial charge < -0.3 is 0 Å². The number of alkyl halides is 1. The fourth-order valence-electron chi connectivity index (χ4n) is 1.55. The van der Waals surface area contributed by atoms with Crippen LogP contribution in [0.15, 0.2) is 17.8 Å². The van der Waals surface area contributed by atoms with Gasteiger partial charge in [-0.1, -0.05) is 15.9 Å². The van der Waals surface area contributed by atoms with Crippen molar-refractivity contribution >= 4 is 38.0 Å². The predicted octanol–water partition coefficient (Wildman–Crippen LogP) is 3.07. The van der Waals surface area contributed by atoms with Crippen molar-refractivity contribution < 1.29 is 4.79 Å². The van der Waals surface area contributed by atoms with Crippen LogP contribution in [0.3, 0.4) is 0 Å². The van der Waals surface area contributed by atoms with Crippen molar-refractivity contribution in [3.63, 3.8) is 0 Å². The van der Waals surface area contributed by atoms with Crippen LogP contribution < -0.4 is 0 Å². The number of aryl methyl sites for hydroxylation is 1. The molecule has 3 nitrogen and oxygen atoms in total. The van der Waals surface area contributed by atoms with Crippen molar-refractivity contribution in [3.8, 4) is 0 Å². The summed E-state index contributed by atoms with van der Waals surface area (Å²) < 4.78 is 2.00. The fraction of sp³-hybridized carbons (Fsp3) is 0.455. The normalized spacial score (nSPS) is 11.1. The number of halogens is 1. The lowest BCUT2D eigenvalue weighted by Gasteiger charge is -1.96. The highest BCUT2D eigenvalue weighted by Gasteiger charge is 2.06. The number of ketones is 1. The number of thiazole rings is 1. The topological polar surface area (TPSA) is 34.4 Å². The number of carbonyl (C=O) groups is 1. The number of hydrogen-bond donors (Lipinski definition) is 0. The molecule has 16 heavy (non-hydrogen) atoms. The summed E-state index contributed by atoms with van der Waals surface area (Å²) in [6.45, 7) is 0. The monoisotopic (exact) mass is 300 g/mol. The maximum atomic E-state index is 11.5. The van der Waals surface area contributed by atoms with Crippen molar-refractivity contribution in [2.75, 3.05) is 5.33 Å². The molecule has 2 rings (SSSR count). The Kier molecular flexibility index (Phi) is 4.12. The standard InChI is InChI=1S/C11H13BrN2OS/c12-5-1-2-10(15)4-3-9-8-14-6-7-16-11(14)13-9/h6-8H,1-5H2. The molecular formula is C11H13BrN2OS. The molecule has 0 amide bonds. The summed E-state index contributed by atoms with van der Waals surface area (Å²) in [7, 11) is 0. The Morgan fingerprint density at radius 3 is 3.12 bits per heavy atom. The number of carbonyl (C=O) groups excluding carboxylic acids is 1. The number of imidazole rings is 1. The summed E-state index contributed by atoms with van der Waals surface area (Å²) in [5, 5.41) is 2.91. The fourth-order valence-corrected chi connectivity index (χ4v) is 2.55. The first-order valence-electron chi connectivity index (χ1n) is 5.28. The molecule has 0 spiro atoms. The lowest BCUT2D eigenvalue weighted by Crippen LogP contribution is -2.00. The Morgan fingerprint density at radius 1 is 1.50 bits per heavy atom. The SMILES string of the molecule is O=C(CCCBr)CCc1cn2ccsc2n1. The van der Waals surface area contributed by atoms with E-state index in [-0.39, 0.29) is 0 Å². The highest BCUT2D eigenvalue weighted by molar-refractivity contribution is 9.09. The van der Waals surface area contributed by atoms with Crippen molar-refractivity contribution in [3.05, 3.63) is 23.5 Å². The minimum Gasteiger partial charge on any atom is -0.300 e. The third kappa shape index (κ3) is 2.92. The van der Waals surface area contributed by atoms with Gasteiger partial charge in [-0.05, 0) is 12.8 Å². The molecule has 0 unspecified atom stereocenters. The molecule has 0 saturated heterocycles. The minimum atomic E-state index is 0.329. The number of aromatic nitrogens is 2. The minimum absolute atomic E-state index is 0.329. The number of rotatable bonds is 6. The van der Waals surface area contributed by atoms with Crippen LogP contribution >= 0.6 is 27.3 Å². The van der Waals surface area contributed by atoms with Crippen molar-refractivity contribution in [2.45, 2.75) is 25.7 Å². The molecule has 2 aromatic heterocycles. The first-order chi connectivity index (χ1) is 7.79. The van der Waals surface area contributed by atoms with Gasteiger partial charge in [0.25, 0.3) is 0 Å². The van der Waals surface area contributed by atoms with Crippen LogP contribution in [0.2, 0.25) is 0 Å². The zero-order valence-corrected chi connectivity index (χ0v) is 11.3. The van der Waals surface area contributed by atoms with Crippen molar-refractivity contribution in [1.29, 1.82) is 0 Å². The van der Waals surface area contributed by atoms with E-state index in [0.717, 1.165) is 28.8 Å². The average molecular weight is 301 g/mol. The van der Waals surface area contributed by atoms with Crippen molar-refractivity contribution in [2.24, 2.45) is 0 Å². The van der Waals surface area contributed by atoms with Gasteiger partial charge in [-0.15, -0.1) is 11.3 Å². The highest BCUT2D eigenvalue weighted by Crippen LogP contribution is 2.13. The summed E-state index contributed by atoms with van der Waals surface area (Å²) in [6, 6.07) is 0. The van der Waals surface area contributed by atoms with E-state index in [1.54, 1.807) is 11.3 Å². The highest BCUT2D eigenvalue weighted by atomic mass is 79.9. The van der Waals surface area contributed by atoms with Gasteiger partial charge in [-0.3, -0.25) is 9.20 Å². The molecule has 0 N–H and O–H groups in total. The van der Waals surface area contributed by atoms with Crippen LogP contribution in [0.4, 0.5) is 0 Å². The number of hydrogen-bond acceptors (Lipinski definition) is 3. The number of fused-ring (bicyclic) bond motifs is 1. The molecule has 86 valence electrons. The molecule has 0 atom stereocenters. The summed E-state index contributed by atoms with van der Waals surface area (Å²) in [4.78, 5) is 16.9. The van der Waals surface area contributed by atoms with Gasteiger partial charge in [0.2, 0.25) is 0 Å². The van der Waals surface area contributed by atoms with E-state index in [0.29, 0.717) is 18.6 Å². The van der Waals surface area contributed by atoms with Gasteiger partial charge in [0, 0.05) is 35.9 Å². The van der Waals surface area contributed by atoms with Crippen LogP contribution in [-0.4, -0.2) is 20.5 Å². The van der Waals surface area contributed by atoms with Gasteiger partial charge in [-0.25, -0.2) is 4.98 Å². The van der Waals surface area contributed by atoms with Crippen LogP contribution in [0.25, 0.3) is 4.96 Å². The Morgan fingerprint density at radius 2 is 2.38 bits per heavy atom. The second kappa shape index (κ2) is 5.59. The van der Waals surface area contributed by atoms with Gasteiger partial charge >= 0.3 is 0 Å². The molecule has 0 bridgehead atoms. The second-order valence-corrected chi connectivity index (χ2v) is 5.32. The molecule has 0 radical (unpaired) electrons. The summed E-state index contributed by atoms with van der Waals surface area (Å²) in [5.74, 6) is 0.329. The lowest BCUT2D eigenvalue weighted by molar-refractivity contribution is -0.119. The largest absolute Gasteiger partial charge is 0.300 e. The second-order valence-electron chi connectivity index (χ2n) is 3.66. The van der Waals surface area contributed by atoms with Gasteiger partial charge in [-0.2, -0.15) is 0 Å². The van der Waals surface area contributed by atoms with E-state index in [1.807, 2.05) is 22.2 Å². The third-order valence-electron chi connectivity index (χ3n) is 2.39. The first-order valence-corrected chi connectivity index (χ1v) is 7.28. The number of nitrogens with zero attached hydrogens (tertiary/aromatic N) is 2. The molecule has 0 aliphatic rings. The molecule has 0 saturated carbocycles. The lowest BCUT2D eigenvalue weighted by atomic mass is 10.1. The molecule has 0 aromatic carbocycles. The van der Waals surface area contributed by atoms with E-state index >= 15 is 0 Å². The van der Waals surface area contributed by atoms with E-state index in [1.165, 1.54) is 0 Å². The summed E-state index contributed by atoms with van der Waals surface area (Å²) >= 11 is 4.94. The predicted molar refractivity (Wildman–Crippen MR) is 69.4 cm³/mol. The summed E-state index contributed by atoms with van der Waals surface area (Å²) in [5.41, 5.74) is 1.01. The van der Waals surface area contributed by atoms with Gasteiger partial charge in [0.05, 0.1) is 5.69 Å². The van der Waals surface area contributed by atoms with Crippen LogP contribution in [0, 0.1) is 0 Å². The van der Waals surface area contributed by atoms with Crippen LogP contribution in [0.1, 0.15) is 25.0 Å². The molecule has 5 heteroatoms. The Labute approximate surface area is 107 Å². The Bertz CT molecular complexity index is 448. The zero-order valence-electron chi connectivity index (χ0n) is 8.86. The van der Waals surface area contributed by atoms with Gasteiger partial charge in [0.15, 0.2) is 4.96 Å². The van der Waals surface area contributed by atoms with Gasteiger partial charge in [0.1, 0.15) is 5.78 Å². The zero-order chi connectivity index (χ0) is 11.4. The van der Waals surface area contributed by atoms with Crippen LogP contribution in [-0.2, 0) is 11.2 Å². The molecular weight excluding hydrogens is 288 g/mol. The molecule has 0 fully saturated rings. The maximum Gasteiger partial charge on any atom is 0.193 e. The van der Waals surface area contributed by atoms with Crippen LogP contribution in [0.5, 0.6) is 0 Å². The van der Waals surface area contributed by atoms with Crippen molar-refractivity contribution in [1.82, 2.24) is 9.38 Å². The maximum absolute atomic E-state index is 11.5. The quantitative estimate of drug-likeness (QED) is 0.768. The summed E-state index contributed by atoms with van der Waals surface area (Å²) in [6.07, 6.45) is 6.96. The molecule has 2 heterocycles. The molecule has 0 aliphatic carbocycles. The Hall–Kier alpha value is -0.680. The average Bonchev–Trinajstić information content (AvgIpc) is 2.83. The molecule has 2 aromatic rings. The smallest absolute Gasteiger partial charge is 0.193 e. The molecule has 0 aliphatic heterocycles.